The van der Waals surface area contributed by atoms with Gasteiger partial charge in [0.2, 0.25) is 0 Å². The highest BCUT2D eigenvalue weighted by molar-refractivity contribution is 5.72. The van der Waals surface area contributed by atoms with E-state index >= 15 is 0 Å². The number of aliphatic hydroxyl groups excluding tert-OH is 2. The Balaban J connectivity index is 3.67. The van der Waals surface area contributed by atoms with E-state index in [0.29, 0.717) is 19.4 Å². The van der Waals surface area contributed by atoms with Crippen molar-refractivity contribution in [2.75, 3.05) is 19.8 Å². The van der Waals surface area contributed by atoms with E-state index in [-0.39, 0.29) is 19.2 Å². The van der Waals surface area contributed by atoms with Crippen molar-refractivity contribution < 1.29 is 19.7 Å². The minimum atomic E-state index is -0.473. The van der Waals surface area contributed by atoms with Gasteiger partial charge in [0.15, 0.2) is 0 Å². The van der Waals surface area contributed by atoms with E-state index in [9.17, 15) is 4.79 Å². The van der Waals surface area contributed by atoms with Crippen LogP contribution >= 0.6 is 0 Å². The number of aliphatic hydroxyl groups is 2. The predicted octanol–water partition coefficient (Wildman–Crippen LogP) is 0.711. The van der Waals surface area contributed by atoms with Gasteiger partial charge in [0.05, 0.1) is 19.1 Å². The summed E-state index contributed by atoms with van der Waals surface area (Å²) in [6.45, 7) is 2.28. The molecule has 0 bridgehead atoms. The summed E-state index contributed by atoms with van der Waals surface area (Å²) in [7, 11) is 0. The van der Waals surface area contributed by atoms with Crippen LogP contribution in [0.25, 0.3) is 0 Å². The molecule has 4 nitrogen and oxygen atoms in total. The average molecular weight is 204 g/mol. The van der Waals surface area contributed by atoms with Crippen LogP contribution in [-0.4, -0.2) is 36.0 Å². The monoisotopic (exact) mass is 204 g/mol. The lowest BCUT2D eigenvalue weighted by Crippen LogP contribution is -2.22. The number of carbonyl (C=O) groups is 1. The fourth-order valence-corrected chi connectivity index (χ4v) is 1.06. The molecule has 0 spiro atoms. The zero-order chi connectivity index (χ0) is 10.8. The van der Waals surface area contributed by atoms with Gasteiger partial charge in [-0.3, -0.25) is 4.79 Å². The zero-order valence-electron chi connectivity index (χ0n) is 8.74. The summed E-state index contributed by atoms with van der Waals surface area (Å²) < 4.78 is 4.95. The topological polar surface area (TPSA) is 66.8 Å². The van der Waals surface area contributed by atoms with E-state index < -0.39 is 5.92 Å². The first-order valence-corrected chi connectivity index (χ1v) is 5.14. The summed E-state index contributed by atoms with van der Waals surface area (Å²) in [5.74, 6) is -0.826. The van der Waals surface area contributed by atoms with Gasteiger partial charge in [0.1, 0.15) is 0 Å². The van der Waals surface area contributed by atoms with Gasteiger partial charge in [-0.15, -0.1) is 0 Å². The van der Waals surface area contributed by atoms with Crippen LogP contribution in [0.1, 0.15) is 32.6 Å². The molecule has 4 heteroatoms. The van der Waals surface area contributed by atoms with Crippen molar-refractivity contribution in [3.63, 3.8) is 0 Å². The quantitative estimate of drug-likeness (QED) is 0.451. The highest BCUT2D eigenvalue weighted by Crippen LogP contribution is 2.08. The minimum Gasteiger partial charge on any atom is -0.465 e. The van der Waals surface area contributed by atoms with E-state index in [0.717, 1.165) is 12.8 Å². The van der Waals surface area contributed by atoms with E-state index in [2.05, 4.69) is 0 Å². The second-order valence-electron chi connectivity index (χ2n) is 3.27. The number of esters is 1. The molecule has 1 unspecified atom stereocenters. The molecule has 14 heavy (non-hydrogen) atoms. The molecule has 0 amide bonds. The Morgan fingerprint density at radius 1 is 1.36 bits per heavy atom. The third kappa shape index (κ3) is 5.94. The van der Waals surface area contributed by atoms with Gasteiger partial charge in [-0.05, 0) is 19.3 Å². The maximum absolute atomic E-state index is 11.3. The van der Waals surface area contributed by atoms with Gasteiger partial charge in [0.25, 0.3) is 0 Å². The van der Waals surface area contributed by atoms with Crippen LogP contribution in [0, 0.1) is 5.92 Å². The molecule has 0 radical (unpaired) electrons. The van der Waals surface area contributed by atoms with Crippen molar-refractivity contribution in [1.82, 2.24) is 0 Å². The van der Waals surface area contributed by atoms with Gasteiger partial charge in [0, 0.05) is 6.61 Å². The molecule has 0 aromatic rings. The van der Waals surface area contributed by atoms with E-state index in [4.69, 9.17) is 14.9 Å². The molecule has 0 aromatic heterocycles. The molecule has 0 aliphatic carbocycles. The zero-order valence-corrected chi connectivity index (χ0v) is 8.74. The van der Waals surface area contributed by atoms with Crippen molar-refractivity contribution in [2.24, 2.45) is 5.92 Å². The van der Waals surface area contributed by atoms with Crippen molar-refractivity contribution >= 4 is 5.97 Å². The molecule has 0 aliphatic rings. The largest absolute Gasteiger partial charge is 0.465 e. The number of hydrogen-bond donors (Lipinski definition) is 2. The van der Waals surface area contributed by atoms with Crippen molar-refractivity contribution in [3.05, 3.63) is 0 Å². The maximum atomic E-state index is 11.3. The van der Waals surface area contributed by atoms with Crippen LogP contribution in [0.3, 0.4) is 0 Å². The maximum Gasteiger partial charge on any atom is 0.311 e. The third-order valence-electron chi connectivity index (χ3n) is 2.01. The molecule has 0 saturated carbocycles. The van der Waals surface area contributed by atoms with Crippen LogP contribution in [0.5, 0.6) is 0 Å². The molecular formula is C10H20O4. The number of unbranched alkanes of at least 4 members (excludes halogenated alkanes) is 1. The highest BCUT2D eigenvalue weighted by Gasteiger charge is 2.17. The van der Waals surface area contributed by atoms with Gasteiger partial charge in [-0.2, -0.15) is 0 Å². The molecule has 0 heterocycles. The lowest BCUT2D eigenvalue weighted by molar-refractivity contribution is -0.150. The van der Waals surface area contributed by atoms with E-state index in [1.54, 1.807) is 0 Å². The molecule has 0 saturated heterocycles. The van der Waals surface area contributed by atoms with Crippen molar-refractivity contribution in [3.8, 4) is 0 Å². The summed E-state index contributed by atoms with van der Waals surface area (Å²) in [5.41, 5.74) is 0. The molecule has 84 valence electrons. The first kappa shape index (κ1) is 13.4. The van der Waals surface area contributed by atoms with Crippen LogP contribution in [0.2, 0.25) is 0 Å². The molecule has 0 aliphatic heterocycles. The SMILES string of the molecule is CCCCOC(=O)C(CO)CCCO. The molecule has 0 rings (SSSR count). The summed E-state index contributed by atoms with van der Waals surface area (Å²) in [6, 6.07) is 0. The van der Waals surface area contributed by atoms with Gasteiger partial charge in [-0.25, -0.2) is 0 Å². The van der Waals surface area contributed by atoms with Crippen LogP contribution in [0.4, 0.5) is 0 Å². The van der Waals surface area contributed by atoms with Crippen LogP contribution < -0.4 is 0 Å². The Morgan fingerprint density at radius 3 is 2.57 bits per heavy atom. The number of rotatable bonds is 8. The van der Waals surface area contributed by atoms with Gasteiger partial charge < -0.3 is 14.9 Å². The molecule has 2 N–H and O–H groups in total. The highest BCUT2D eigenvalue weighted by atomic mass is 16.5. The van der Waals surface area contributed by atoms with Crippen LogP contribution in [0.15, 0.2) is 0 Å². The summed E-state index contributed by atoms with van der Waals surface area (Å²) in [4.78, 5) is 11.3. The van der Waals surface area contributed by atoms with E-state index in [1.807, 2.05) is 6.92 Å². The lowest BCUT2D eigenvalue weighted by Gasteiger charge is -2.12. The minimum absolute atomic E-state index is 0.0404. The first-order chi connectivity index (χ1) is 6.76. The Bertz CT molecular complexity index is 147. The van der Waals surface area contributed by atoms with Gasteiger partial charge >= 0.3 is 5.97 Å². The molecule has 0 fully saturated rings. The fourth-order valence-electron chi connectivity index (χ4n) is 1.06. The van der Waals surface area contributed by atoms with E-state index in [1.165, 1.54) is 0 Å². The standard InChI is InChI=1S/C10H20O4/c1-2-3-7-14-10(13)9(8-12)5-4-6-11/h9,11-12H,2-8H2,1H3. The number of carbonyl (C=O) groups excluding carboxylic acids is 1. The Labute approximate surface area is 84.9 Å². The Hall–Kier alpha value is -0.610. The van der Waals surface area contributed by atoms with Crippen molar-refractivity contribution in [2.45, 2.75) is 32.6 Å². The summed E-state index contributed by atoms with van der Waals surface area (Å²) in [5, 5.41) is 17.5. The third-order valence-corrected chi connectivity index (χ3v) is 2.01. The Morgan fingerprint density at radius 2 is 2.07 bits per heavy atom. The van der Waals surface area contributed by atoms with Crippen LogP contribution in [-0.2, 0) is 9.53 Å². The average Bonchev–Trinajstić information content (AvgIpc) is 2.19. The lowest BCUT2D eigenvalue weighted by atomic mass is 10.1. The summed E-state index contributed by atoms with van der Waals surface area (Å²) in [6.07, 6.45) is 2.84. The second-order valence-corrected chi connectivity index (χ2v) is 3.27. The number of hydrogen-bond acceptors (Lipinski definition) is 4. The van der Waals surface area contributed by atoms with Crippen molar-refractivity contribution in [1.29, 1.82) is 0 Å². The Kier molecular flexibility index (Phi) is 8.57. The van der Waals surface area contributed by atoms with Gasteiger partial charge in [-0.1, -0.05) is 13.3 Å². The predicted molar refractivity (Wildman–Crippen MR) is 52.8 cm³/mol. The normalized spacial score (nSPS) is 12.5. The smallest absolute Gasteiger partial charge is 0.311 e. The molecule has 1 atom stereocenters. The number of ether oxygens (including phenoxy) is 1. The second kappa shape index (κ2) is 8.97. The summed E-state index contributed by atoms with van der Waals surface area (Å²) >= 11 is 0. The first-order valence-electron chi connectivity index (χ1n) is 5.14. The molecule has 0 aromatic carbocycles. The fraction of sp³-hybridized carbons (Fsp3) is 0.900. The molecular weight excluding hydrogens is 184 g/mol.